The molecule has 0 unspecified atom stereocenters. The zero-order valence-electron chi connectivity index (χ0n) is 14.3. The Hall–Kier alpha value is -0.120. The molecule has 0 radical (unpaired) electrons. The fourth-order valence-corrected chi connectivity index (χ4v) is 2.16. The van der Waals surface area contributed by atoms with Gasteiger partial charge in [0.25, 0.3) is 0 Å². The standard InChI is InChI=1S/C17H39N3/c1-4-17(3)16-20-15-11-14-19-13-10-8-6-7-9-12-18-5-2/h17-20H,4-16H2,1-3H3/t17-/m0/s1. The van der Waals surface area contributed by atoms with Crippen molar-refractivity contribution in [1.82, 2.24) is 16.0 Å². The van der Waals surface area contributed by atoms with E-state index in [1.54, 1.807) is 0 Å². The van der Waals surface area contributed by atoms with Crippen molar-refractivity contribution in [3.8, 4) is 0 Å². The van der Waals surface area contributed by atoms with Crippen LogP contribution in [0.5, 0.6) is 0 Å². The highest BCUT2D eigenvalue weighted by Crippen LogP contribution is 2.01. The first-order valence-electron chi connectivity index (χ1n) is 8.93. The molecule has 0 aromatic rings. The highest BCUT2D eigenvalue weighted by Gasteiger charge is 1.96. The molecular weight excluding hydrogens is 246 g/mol. The lowest BCUT2D eigenvalue weighted by Gasteiger charge is -2.10. The van der Waals surface area contributed by atoms with Crippen LogP contribution < -0.4 is 16.0 Å². The van der Waals surface area contributed by atoms with Crippen molar-refractivity contribution in [3.63, 3.8) is 0 Å². The Morgan fingerprint density at radius 2 is 1.20 bits per heavy atom. The summed E-state index contributed by atoms with van der Waals surface area (Å²) in [5.41, 5.74) is 0. The summed E-state index contributed by atoms with van der Waals surface area (Å²) < 4.78 is 0. The predicted octanol–water partition coefficient (Wildman–Crippen LogP) is 3.16. The zero-order chi connectivity index (χ0) is 14.9. The maximum absolute atomic E-state index is 3.55. The van der Waals surface area contributed by atoms with Crippen LogP contribution in [-0.4, -0.2) is 39.3 Å². The van der Waals surface area contributed by atoms with Crippen molar-refractivity contribution >= 4 is 0 Å². The van der Waals surface area contributed by atoms with Gasteiger partial charge in [-0.25, -0.2) is 0 Å². The summed E-state index contributed by atoms with van der Waals surface area (Å²) in [7, 11) is 0. The third-order valence-electron chi connectivity index (χ3n) is 3.85. The summed E-state index contributed by atoms with van der Waals surface area (Å²) in [6.45, 7) is 13.7. The lowest BCUT2D eigenvalue weighted by Crippen LogP contribution is -2.25. The fraction of sp³-hybridized carbons (Fsp3) is 1.00. The second kappa shape index (κ2) is 16.9. The van der Waals surface area contributed by atoms with E-state index < -0.39 is 0 Å². The minimum Gasteiger partial charge on any atom is -0.317 e. The van der Waals surface area contributed by atoms with E-state index in [9.17, 15) is 0 Å². The highest BCUT2D eigenvalue weighted by atomic mass is 14.9. The molecule has 0 bridgehead atoms. The maximum Gasteiger partial charge on any atom is -0.00232 e. The van der Waals surface area contributed by atoms with Gasteiger partial charge in [-0.2, -0.15) is 0 Å². The Morgan fingerprint density at radius 3 is 1.85 bits per heavy atom. The molecule has 3 N–H and O–H groups in total. The Labute approximate surface area is 127 Å². The maximum atomic E-state index is 3.55. The van der Waals surface area contributed by atoms with Crippen molar-refractivity contribution in [2.75, 3.05) is 39.3 Å². The number of nitrogens with one attached hydrogen (secondary N) is 3. The Bertz CT molecular complexity index is 174. The lowest BCUT2D eigenvalue weighted by molar-refractivity contribution is 0.487. The van der Waals surface area contributed by atoms with Crippen LogP contribution in [0.3, 0.4) is 0 Å². The van der Waals surface area contributed by atoms with Crippen LogP contribution in [0.1, 0.15) is 65.7 Å². The quantitative estimate of drug-likeness (QED) is 0.381. The molecule has 0 aromatic heterocycles. The molecule has 0 saturated heterocycles. The fourth-order valence-electron chi connectivity index (χ4n) is 2.16. The SMILES string of the molecule is CCNCCCCCCCNCCCNC[C@@H](C)CC. The van der Waals surface area contributed by atoms with E-state index in [0.717, 1.165) is 25.6 Å². The van der Waals surface area contributed by atoms with Crippen LogP contribution in [0.15, 0.2) is 0 Å². The first-order valence-corrected chi connectivity index (χ1v) is 8.93. The van der Waals surface area contributed by atoms with Crippen LogP contribution in [0.4, 0.5) is 0 Å². The average Bonchev–Trinajstić information content (AvgIpc) is 2.47. The van der Waals surface area contributed by atoms with E-state index >= 15 is 0 Å². The van der Waals surface area contributed by atoms with Crippen molar-refractivity contribution in [2.45, 2.75) is 65.7 Å². The zero-order valence-corrected chi connectivity index (χ0v) is 14.3. The van der Waals surface area contributed by atoms with Gasteiger partial charge in [0.2, 0.25) is 0 Å². The van der Waals surface area contributed by atoms with Crippen molar-refractivity contribution < 1.29 is 0 Å². The number of hydrogen-bond acceptors (Lipinski definition) is 3. The molecule has 3 nitrogen and oxygen atoms in total. The van der Waals surface area contributed by atoms with E-state index in [1.165, 1.54) is 64.6 Å². The molecule has 0 aliphatic rings. The summed E-state index contributed by atoms with van der Waals surface area (Å²) in [6, 6.07) is 0. The van der Waals surface area contributed by atoms with Gasteiger partial charge in [-0.1, -0.05) is 46.5 Å². The number of unbranched alkanes of at least 4 members (excludes halogenated alkanes) is 4. The molecule has 1 atom stereocenters. The second-order valence-electron chi connectivity index (χ2n) is 5.94. The molecule has 0 rings (SSSR count). The molecule has 0 spiro atoms. The Kier molecular flexibility index (Phi) is 16.8. The molecule has 0 aromatic carbocycles. The van der Waals surface area contributed by atoms with E-state index in [0.29, 0.717) is 0 Å². The molecule has 0 aliphatic carbocycles. The largest absolute Gasteiger partial charge is 0.317 e. The monoisotopic (exact) mass is 285 g/mol. The first-order chi connectivity index (χ1) is 9.81. The summed E-state index contributed by atoms with van der Waals surface area (Å²) in [4.78, 5) is 0. The minimum absolute atomic E-state index is 0.815. The van der Waals surface area contributed by atoms with E-state index in [2.05, 4.69) is 36.7 Å². The lowest BCUT2D eigenvalue weighted by atomic mass is 10.1. The van der Waals surface area contributed by atoms with Crippen LogP contribution in [0.2, 0.25) is 0 Å². The molecule has 0 fully saturated rings. The van der Waals surface area contributed by atoms with Crippen LogP contribution in [0.25, 0.3) is 0 Å². The summed E-state index contributed by atoms with van der Waals surface area (Å²) >= 11 is 0. The van der Waals surface area contributed by atoms with Crippen molar-refractivity contribution in [1.29, 1.82) is 0 Å². The van der Waals surface area contributed by atoms with Crippen molar-refractivity contribution in [2.24, 2.45) is 5.92 Å². The molecule has 0 heterocycles. The molecule has 0 saturated carbocycles. The van der Waals surface area contributed by atoms with Gasteiger partial charge < -0.3 is 16.0 Å². The molecule has 0 amide bonds. The minimum atomic E-state index is 0.815. The number of rotatable bonds is 16. The summed E-state index contributed by atoms with van der Waals surface area (Å²) in [5, 5.41) is 10.4. The Morgan fingerprint density at radius 1 is 0.650 bits per heavy atom. The first kappa shape index (κ1) is 19.9. The van der Waals surface area contributed by atoms with Gasteiger partial charge in [0.15, 0.2) is 0 Å². The van der Waals surface area contributed by atoms with Crippen molar-refractivity contribution in [3.05, 3.63) is 0 Å². The summed E-state index contributed by atoms with van der Waals surface area (Å²) in [5.74, 6) is 0.815. The number of hydrogen-bond donors (Lipinski definition) is 3. The second-order valence-corrected chi connectivity index (χ2v) is 5.94. The average molecular weight is 286 g/mol. The van der Waals surface area contributed by atoms with Crippen LogP contribution in [0, 0.1) is 5.92 Å². The van der Waals surface area contributed by atoms with E-state index in [1.807, 2.05) is 0 Å². The van der Waals surface area contributed by atoms with Crippen LogP contribution >= 0.6 is 0 Å². The van der Waals surface area contributed by atoms with Gasteiger partial charge >= 0.3 is 0 Å². The molecule has 20 heavy (non-hydrogen) atoms. The topological polar surface area (TPSA) is 36.1 Å². The van der Waals surface area contributed by atoms with E-state index in [-0.39, 0.29) is 0 Å². The van der Waals surface area contributed by atoms with Gasteiger partial charge in [-0.3, -0.25) is 0 Å². The van der Waals surface area contributed by atoms with Gasteiger partial charge in [-0.05, 0) is 64.4 Å². The van der Waals surface area contributed by atoms with Gasteiger partial charge in [0.05, 0.1) is 0 Å². The normalized spacial score (nSPS) is 12.8. The Balaban J connectivity index is 2.96. The molecule has 3 heteroatoms. The molecular formula is C17H39N3. The predicted molar refractivity (Wildman–Crippen MR) is 91.4 cm³/mol. The third kappa shape index (κ3) is 15.9. The molecule has 0 aliphatic heterocycles. The molecule has 122 valence electrons. The van der Waals surface area contributed by atoms with Crippen LogP contribution in [-0.2, 0) is 0 Å². The van der Waals surface area contributed by atoms with E-state index in [4.69, 9.17) is 0 Å². The summed E-state index contributed by atoms with van der Waals surface area (Å²) in [6.07, 6.45) is 9.35. The smallest absolute Gasteiger partial charge is 0.00232 e. The highest BCUT2D eigenvalue weighted by molar-refractivity contribution is 4.56. The van der Waals surface area contributed by atoms with Gasteiger partial charge in [-0.15, -0.1) is 0 Å². The third-order valence-corrected chi connectivity index (χ3v) is 3.85. The van der Waals surface area contributed by atoms with Gasteiger partial charge in [0.1, 0.15) is 0 Å². The van der Waals surface area contributed by atoms with Gasteiger partial charge in [0, 0.05) is 0 Å².